The molecule has 0 radical (unpaired) electrons. The SMILES string of the molecule is BrB(Br)Br.C.CCCCCc1ccc(-n2c3ccc(C)cc3c3c(-c4ccccc4-c4ccccc4-c4cccc5c4c4cc(OC)ccc4n5-c4ccc(CCCCC)cc4)cccc32)cc1.CCCCCc1ccc(-n2c3ccc(C)cc3c3c(-c4ccccc4-c4ccccc4-c4cccc5c4c4cc(OS(=O)(=O)C(F)(F)F)ccc4n5-c4ccc(CCCCC)cc4)cccc32)cc1.ClCCl.ClCCl. The van der Waals surface area contributed by atoms with Gasteiger partial charge >= 0.3 is 18.8 Å². The number of alkyl halides is 7. The first-order chi connectivity index (χ1) is 69.1. The molecule has 0 spiro atoms. The van der Waals surface area contributed by atoms with Crippen LogP contribution in [0.2, 0.25) is 0 Å². The molecule has 20 rings (SSSR count). The van der Waals surface area contributed by atoms with E-state index in [1.54, 1.807) is 13.2 Å². The molecule has 0 saturated heterocycles. The molecule has 16 aromatic carbocycles. The van der Waals surface area contributed by atoms with Crippen molar-refractivity contribution in [3.63, 3.8) is 0 Å². The number of aromatic nitrogens is 4. The molecule has 0 saturated carbocycles. The summed E-state index contributed by atoms with van der Waals surface area (Å²) in [5.41, 5.74) is 28.1. The van der Waals surface area contributed by atoms with Crippen molar-refractivity contribution in [1.29, 1.82) is 0 Å². The Morgan fingerprint density at radius 1 is 0.294 bits per heavy atom. The summed E-state index contributed by atoms with van der Waals surface area (Å²) < 4.78 is 86.0. The summed E-state index contributed by atoms with van der Waals surface area (Å²) in [4.78, 5) is 0. The van der Waals surface area contributed by atoms with Crippen LogP contribution in [0.25, 0.3) is 177 Å². The van der Waals surface area contributed by atoms with Gasteiger partial charge in [-0.25, -0.2) is 0 Å². The number of ether oxygens (including phenoxy) is 1. The number of hydrogen-bond acceptors (Lipinski definition) is 4. The third-order valence-electron chi connectivity index (χ3n) is 26.6. The number of aryl methyl sites for hydroxylation is 6. The Kier molecular flexibility index (Phi) is 36.4. The first-order valence-corrected chi connectivity index (χ1v) is 55.1. The van der Waals surface area contributed by atoms with Crippen molar-refractivity contribution in [1.82, 2.24) is 18.3 Å². The van der Waals surface area contributed by atoms with E-state index in [9.17, 15) is 21.6 Å². The lowest BCUT2D eigenvalue weighted by Crippen LogP contribution is -2.28. The third-order valence-corrected chi connectivity index (χ3v) is 27.6. The van der Waals surface area contributed by atoms with Crippen molar-refractivity contribution in [3.05, 3.63) is 373 Å². The Labute approximate surface area is 884 Å². The number of fused-ring (bicyclic) bond motifs is 12. The summed E-state index contributed by atoms with van der Waals surface area (Å²) in [5.74, 6) is 0.427. The molecule has 0 aliphatic carbocycles. The molecule has 0 fully saturated rings. The van der Waals surface area contributed by atoms with Gasteiger partial charge < -0.3 is 27.2 Å². The minimum Gasteiger partial charge on any atom is -0.497 e. The highest BCUT2D eigenvalue weighted by molar-refractivity contribution is 9.69. The lowest BCUT2D eigenvalue weighted by molar-refractivity contribution is -0.0500. The van der Waals surface area contributed by atoms with Gasteiger partial charge in [0.2, 0.25) is 0 Å². The van der Waals surface area contributed by atoms with E-state index < -0.39 is 21.4 Å². The van der Waals surface area contributed by atoms with Crippen molar-refractivity contribution >= 4 is 194 Å². The number of rotatable bonds is 29. The maximum atomic E-state index is 13.7. The van der Waals surface area contributed by atoms with Crippen LogP contribution in [0.3, 0.4) is 0 Å². The van der Waals surface area contributed by atoms with Gasteiger partial charge in [0.25, 0.3) is 0 Å². The van der Waals surface area contributed by atoms with Gasteiger partial charge in [0, 0.05) is 65.8 Å². The highest BCUT2D eigenvalue weighted by Crippen LogP contribution is 2.51. The summed E-state index contributed by atoms with van der Waals surface area (Å²) in [6.45, 7) is 13.3. The highest BCUT2D eigenvalue weighted by Gasteiger charge is 2.49. The van der Waals surface area contributed by atoms with Gasteiger partial charge in [-0.15, -0.1) is 93.7 Å². The molecule has 4 aromatic heterocycles. The third kappa shape index (κ3) is 23.3. The summed E-state index contributed by atoms with van der Waals surface area (Å²) in [6, 6.07) is 121. The van der Waals surface area contributed by atoms with Crippen LogP contribution in [0.1, 0.15) is 146 Å². The van der Waals surface area contributed by atoms with Crippen LogP contribution in [0, 0.1) is 13.8 Å². The second-order valence-electron chi connectivity index (χ2n) is 35.9. The van der Waals surface area contributed by atoms with Gasteiger partial charge in [-0.05, 0) is 288 Å². The van der Waals surface area contributed by atoms with E-state index in [1.165, 1.54) is 192 Å². The molecule has 0 amide bonds. The predicted octanol–water partition coefficient (Wildman–Crippen LogP) is 39.2. The highest BCUT2D eigenvalue weighted by atomic mass is 79.9. The summed E-state index contributed by atoms with van der Waals surface area (Å²) in [6.07, 6.45) is 18.7. The molecule has 4 heterocycles. The van der Waals surface area contributed by atoms with Gasteiger partial charge in [-0.3, -0.25) is 0 Å². The van der Waals surface area contributed by atoms with Crippen molar-refractivity contribution in [2.75, 3.05) is 17.8 Å². The van der Waals surface area contributed by atoms with E-state index in [0.717, 1.165) is 128 Å². The van der Waals surface area contributed by atoms with Crippen LogP contribution >= 0.6 is 93.7 Å². The number of benzene rings is 16. The van der Waals surface area contributed by atoms with Gasteiger partial charge in [0.15, 0.2) is 0 Å². The van der Waals surface area contributed by atoms with Crippen LogP contribution in [0.5, 0.6) is 11.5 Å². The topological polar surface area (TPSA) is 72.3 Å². The van der Waals surface area contributed by atoms with Crippen LogP contribution in [0.15, 0.2) is 340 Å². The smallest absolute Gasteiger partial charge is 0.497 e. The van der Waals surface area contributed by atoms with Crippen molar-refractivity contribution < 1.29 is 30.5 Å². The van der Waals surface area contributed by atoms with Crippen molar-refractivity contribution in [2.24, 2.45) is 0 Å². The van der Waals surface area contributed by atoms with Gasteiger partial charge in [0.05, 0.1) is 61.9 Å². The summed E-state index contributed by atoms with van der Waals surface area (Å²) >= 11 is 28.4. The molecule has 20 heteroatoms. The number of hydrogen-bond donors (Lipinski definition) is 0. The number of nitrogens with zero attached hydrogens (tertiary/aromatic N) is 4. The van der Waals surface area contributed by atoms with E-state index in [0.29, 0.717) is 10.9 Å². The second-order valence-corrected chi connectivity index (χ2v) is 45.4. The molecule has 143 heavy (non-hydrogen) atoms. The molecule has 0 N–H and O–H groups in total. The number of unbranched alkanes of at least 4 members (excludes halogenated alkanes) is 8. The van der Waals surface area contributed by atoms with Gasteiger partial charge in [-0.1, -0.05) is 304 Å². The number of halogens is 10. The minimum atomic E-state index is -5.93. The summed E-state index contributed by atoms with van der Waals surface area (Å²) in [5, 5.41) is 8.95. The van der Waals surface area contributed by atoms with Gasteiger partial charge in [-0.2, -0.15) is 21.6 Å². The van der Waals surface area contributed by atoms with Crippen LogP contribution in [-0.4, -0.2) is 53.2 Å². The van der Waals surface area contributed by atoms with E-state index in [-0.39, 0.29) is 21.3 Å². The molecule has 0 aliphatic rings. The molecular weight excluding hydrogens is 2080 g/mol. The monoisotopic (exact) mass is 2190 g/mol. The second kappa shape index (κ2) is 49.1. The Morgan fingerprint density at radius 3 is 0.748 bits per heavy atom. The standard InChI is InChI=1S/C60H53F3N2O3S.C60H56N2O.2CH2Cl2.CH4.BBr3/c1-4-6-8-16-41-27-31-43(32-28-41)64-54-36-26-40(3)38-52(54)58-50(22-14-24-56(58)64)48-20-12-10-18-46(48)47-19-11-13-21-49(47)51-23-15-25-57-59(51)53-39-45(68-69(66,67)60(61,62)63)35-37-55(53)65(57)44-33-29-42(30-34-44)17-9-7-5-2;1-5-7-9-17-42-28-32-44(33-29-42)61-55-37-27-41(3)39-53(55)59-51(23-15-25-57(59)61)49-21-13-11-19-47(49)48-20-12-14-22-50(48)52-24-16-26-58-60(52)54-40-46(63-4)36-38-56(54)62(58)45-34-30-43(31-35-45)18-10-8-6-2;2*2-1-3;;2-1(3)4/h10-15,18-39H,4-9,16-17H2,1-3H3;11-16,19-40H,5-10,17-18H2,1-4H3;2*1H2;1H4;. The van der Waals surface area contributed by atoms with Crippen LogP contribution in [0.4, 0.5) is 13.2 Å². The molecule has 0 aliphatic heterocycles. The molecule has 0 unspecified atom stereocenters. The van der Waals surface area contributed by atoms with Crippen molar-refractivity contribution in [3.8, 4) is 101 Å². The molecule has 20 aromatic rings. The van der Waals surface area contributed by atoms with Crippen LogP contribution in [-0.2, 0) is 35.8 Å². The zero-order valence-corrected chi connectivity index (χ0v) is 89.3. The van der Waals surface area contributed by atoms with Crippen LogP contribution < -0.4 is 8.92 Å². The van der Waals surface area contributed by atoms with E-state index in [2.05, 4.69) is 392 Å². The molecule has 8 nitrogen and oxygen atoms in total. The molecular formula is C123H117BBr3Cl4F3N4O4S. The Morgan fingerprint density at radius 2 is 0.510 bits per heavy atom. The lowest BCUT2D eigenvalue weighted by atomic mass is 9.87. The average molecular weight is 2200 g/mol. The largest absolute Gasteiger partial charge is 0.534 e. The average Bonchev–Trinajstić information content (AvgIpc) is 1.59. The number of methoxy groups -OCH3 is 1. The first kappa shape index (κ1) is 106. The Bertz CT molecular complexity index is 7940. The first-order valence-electron chi connectivity index (χ1n) is 48.8. The fourth-order valence-corrected chi connectivity index (χ4v) is 20.7. The Hall–Kier alpha value is -11.3. The zero-order chi connectivity index (χ0) is 99.7. The van der Waals surface area contributed by atoms with E-state index >= 15 is 0 Å². The molecule has 732 valence electrons. The quantitative estimate of drug-likeness (QED) is 0.0154. The Balaban J connectivity index is 0.000000197. The maximum Gasteiger partial charge on any atom is 0.534 e. The van der Waals surface area contributed by atoms with Gasteiger partial charge in [0.1, 0.15) is 11.5 Å². The van der Waals surface area contributed by atoms with E-state index in [1.807, 2.05) is 36.4 Å². The normalized spacial score (nSPS) is 11.5. The fraction of sp³-hybridized carbons (Fsp3) is 0.220. The zero-order valence-electron chi connectivity index (χ0n) is 80.7. The van der Waals surface area contributed by atoms with Crippen molar-refractivity contribution in [2.45, 2.75) is 157 Å². The molecule has 0 bridgehead atoms. The molecule has 0 atom stereocenters. The summed E-state index contributed by atoms with van der Waals surface area (Å²) in [7, 11) is -4.17. The predicted molar refractivity (Wildman–Crippen MR) is 620 cm³/mol. The maximum absolute atomic E-state index is 13.7. The van der Waals surface area contributed by atoms with E-state index in [4.69, 9.17) is 55.3 Å². The lowest BCUT2D eigenvalue weighted by Gasteiger charge is -2.17. The fourth-order valence-electron chi connectivity index (χ4n) is 20.2. The minimum absolute atomic E-state index is 0.